The molecule has 0 unspecified atom stereocenters. The fourth-order valence-corrected chi connectivity index (χ4v) is 7.30. The van der Waals surface area contributed by atoms with Gasteiger partial charge in [-0.2, -0.15) is 0 Å². The number of ether oxygens (including phenoxy) is 2. The lowest BCUT2D eigenvalue weighted by molar-refractivity contribution is -0.193. The topological polar surface area (TPSA) is 21.7 Å². The van der Waals surface area contributed by atoms with Crippen molar-refractivity contribution < 1.29 is 9.47 Å². The van der Waals surface area contributed by atoms with E-state index in [-0.39, 0.29) is 5.79 Å². The molecule has 0 aromatic heterocycles. The van der Waals surface area contributed by atoms with Crippen LogP contribution in [-0.2, 0) is 9.47 Å². The Morgan fingerprint density at radius 2 is 0.870 bits per heavy atom. The maximum Gasteiger partial charge on any atom is 0.169 e. The first kappa shape index (κ1) is 41.0. The maximum atomic E-state index is 6.86. The van der Waals surface area contributed by atoms with Gasteiger partial charge in [-0.05, 0) is 97.1 Å². The fraction of sp³-hybridized carbons (Fsp3) is 0.814. The van der Waals surface area contributed by atoms with E-state index in [1.807, 2.05) is 0 Å². The zero-order chi connectivity index (χ0) is 33.0. The lowest BCUT2D eigenvalue weighted by atomic mass is 9.98. The summed E-state index contributed by atoms with van der Waals surface area (Å²) >= 11 is 0. The molecule has 2 aliphatic rings. The summed E-state index contributed by atoms with van der Waals surface area (Å²) < 4.78 is 13.7. The van der Waals surface area contributed by atoms with Crippen LogP contribution in [0.25, 0.3) is 0 Å². The summed E-state index contributed by atoms with van der Waals surface area (Å²) in [5.41, 5.74) is 0. The Kier molecular flexibility index (Phi) is 24.7. The molecule has 2 fully saturated rings. The zero-order valence-electron chi connectivity index (χ0n) is 31.2. The Balaban J connectivity index is 1.59. The van der Waals surface area contributed by atoms with Crippen LogP contribution in [0.15, 0.2) is 48.6 Å². The van der Waals surface area contributed by atoms with Crippen LogP contribution in [0.4, 0.5) is 0 Å². The van der Waals surface area contributed by atoms with Crippen LogP contribution >= 0.6 is 0 Å². The van der Waals surface area contributed by atoms with Crippen LogP contribution in [-0.4, -0.2) is 43.5 Å². The SMILES string of the molecule is CCCC/C=C\C/C=C\CCCCCCCCC1(CCCCCCCC/C=C\C/C=C\CCCC)O[C@H]2C[C@H](CN(C)C)C[C@H]2O1. The van der Waals surface area contributed by atoms with E-state index in [2.05, 4.69) is 81.5 Å². The second kappa shape index (κ2) is 27.8. The molecule has 1 aliphatic heterocycles. The van der Waals surface area contributed by atoms with Gasteiger partial charge in [0.1, 0.15) is 0 Å². The van der Waals surface area contributed by atoms with Crippen molar-refractivity contribution in [3.05, 3.63) is 48.6 Å². The van der Waals surface area contributed by atoms with Crippen molar-refractivity contribution in [2.45, 2.75) is 199 Å². The summed E-state index contributed by atoms with van der Waals surface area (Å²) in [6.07, 6.45) is 52.2. The molecule has 0 N–H and O–H groups in total. The van der Waals surface area contributed by atoms with Gasteiger partial charge >= 0.3 is 0 Å². The van der Waals surface area contributed by atoms with E-state index in [1.54, 1.807) is 0 Å². The molecule has 0 amide bonds. The third-order valence-electron chi connectivity index (χ3n) is 9.92. The van der Waals surface area contributed by atoms with Gasteiger partial charge < -0.3 is 14.4 Å². The molecule has 3 nitrogen and oxygen atoms in total. The Labute approximate surface area is 287 Å². The molecule has 1 heterocycles. The molecule has 0 radical (unpaired) electrons. The van der Waals surface area contributed by atoms with E-state index in [0.29, 0.717) is 12.2 Å². The van der Waals surface area contributed by atoms with Gasteiger partial charge in [0.25, 0.3) is 0 Å². The smallest absolute Gasteiger partial charge is 0.169 e. The average molecular weight is 640 g/mol. The van der Waals surface area contributed by atoms with Crippen LogP contribution < -0.4 is 0 Å². The van der Waals surface area contributed by atoms with Crippen molar-refractivity contribution in [2.24, 2.45) is 5.92 Å². The van der Waals surface area contributed by atoms with Gasteiger partial charge in [-0.15, -0.1) is 0 Å². The monoisotopic (exact) mass is 640 g/mol. The van der Waals surface area contributed by atoms with Gasteiger partial charge in [-0.1, -0.05) is 140 Å². The second-order valence-corrected chi connectivity index (χ2v) is 14.8. The molecular weight excluding hydrogens is 562 g/mol. The molecule has 0 aromatic carbocycles. The van der Waals surface area contributed by atoms with E-state index >= 15 is 0 Å². The quantitative estimate of drug-likeness (QED) is 0.0576. The van der Waals surface area contributed by atoms with Gasteiger partial charge in [0.2, 0.25) is 0 Å². The number of rotatable bonds is 30. The molecule has 1 aliphatic carbocycles. The molecule has 46 heavy (non-hydrogen) atoms. The maximum absolute atomic E-state index is 6.86. The van der Waals surface area contributed by atoms with Gasteiger partial charge in [0.05, 0.1) is 12.2 Å². The summed E-state index contributed by atoms with van der Waals surface area (Å²) in [6, 6.07) is 0. The van der Waals surface area contributed by atoms with Gasteiger partial charge in [-0.3, -0.25) is 0 Å². The Hall–Kier alpha value is -1.16. The van der Waals surface area contributed by atoms with Crippen molar-refractivity contribution in [1.29, 1.82) is 0 Å². The van der Waals surface area contributed by atoms with E-state index in [9.17, 15) is 0 Å². The molecule has 0 spiro atoms. The number of unbranched alkanes of at least 4 members (excludes halogenated alkanes) is 16. The predicted octanol–water partition coefficient (Wildman–Crippen LogP) is 13.1. The lowest BCUT2D eigenvalue weighted by Gasteiger charge is -2.30. The summed E-state index contributed by atoms with van der Waals surface area (Å²) in [6.45, 7) is 5.67. The third kappa shape index (κ3) is 20.3. The number of hydrogen-bond acceptors (Lipinski definition) is 3. The molecule has 0 bridgehead atoms. The Bertz CT molecular complexity index is 750. The summed E-state index contributed by atoms with van der Waals surface area (Å²) in [7, 11) is 4.38. The lowest BCUT2D eigenvalue weighted by Crippen LogP contribution is -2.33. The minimum atomic E-state index is -0.302. The van der Waals surface area contributed by atoms with E-state index < -0.39 is 0 Å². The minimum absolute atomic E-state index is 0.302. The summed E-state index contributed by atoms with van der Waals surface area (Å²) in [5, 5.41) is 0. The molecule has 3 atom stereocenters. The standard InChI is InChI=1S/C43H77NO2/c1-5-7-9-11-13-15-17-19-21-23-25-27-29-31-33-35-43(45-41-37-40(39-44(3)4)38-42(41)46-43)36-34-32-30-28-26-24-22-20-18-16-14-12-10-8-6-2/h11-14,17-20,40-42H,5-10,15-16,21-39H2,1-4H3/b13-11-,14-12-,19-17-,20-18-/t40-,41-,42+. The van der Waals surface area contributed by atoms with Crippen LogP contribution in [0.1, 0.15) is 181 Å². The number of fused-ring (bicyclic) bond motifs is 1. The fourth-order valence-electron chi connectivity index (χ4n) is 7.30. The van der Waals surface area contributed by atoms with Gasteiger partial charge in [0, 0.05) is 19.4 Å². The van der Waals surface area contributed by atoms with Crippen LogP contribution in [0.3, 0.4) is 0 Å². The summed E-state index contributed by atoms with van der Waals surface area (Å²) in [4.78, 5) is 2.32. The van der Waals surface area contributed by atoms with Gasteiger partial charge in [0.15, 0.2) is 5.79 Å². The molecule has 266 valence electrons. The highest BCUT2D eigenvalue weighted by Crippen LogP contribution is 2.45. The van der Waals surface area contributed by atoms with Crippen molar-refractivity contribution in [2.75, 3.05) is 20.6 Å². The molecule has 2 rings (SSSR count). The first-order valence-electron chi connectivity index (χ1n) is 20.2. The average Bonchev–Trinajstić information content (AvgIpc) is 3.55. The van der Waals surface area contributed by atoms with Crippen LogP contribution in [0, 0.1) is 5.92 Å². The first-order valence-corrected chi connectivity index (χ1v) is 20.2. The van der Waals surface area contributed by atoms with Crippen molar-refractivity contribution in [3.8, 4) is 0 Å². The van der Waals surface area contributed by atoms with Crippen molar-refractivity contribution >= 4 is 0 Å². The summed E-state index contributed by atoms with van der Waals surface area (Å²) in [5.74, 6) is 0.418. The molecule has 0 aromatic rings. The van der Waals surface area contributed by atoms with Crippen molar-refractivity contribution in [1.82, 2.24) is 4.90 Å². The number of allylic oxidation sites excluding steroid dienone is 8. The van der Waals surface area contributed by atoms with Crippen molar-refractivity contribution in [3.63, 3.8) is 0 Å². The predicted molar refractivity (Wildman–Crippen MR) is 202 cm³/mol. The highest BCUT2D eigenvalue weighted by molar-refractivity contribution is 4.95. The zero-order valence-corrected chi connectivity index (χ0v) is 31.2. The van der Waals surface area contributed by atoms with E-state index in [1.165, 1.54) is 141 Å². The molecule has 1 saturated heterocycles. The Morgan fingerprint density at radius 3 is 1.26 bits per heavy atom. The normalized spacial score (nSPS) is 21.4. The number of nitrogens with zero attached hydrogens (tertiary/aromatic N) is 1. The molecule has 1 saturated carbocycles. The molecule has 3 heteroatoms. The minimum Gasteiger partial charge on any atom is -0.344 e. The Morgan fingerprint density at radius 1 is 0.500 bits per heavy atom. The molecular formula is C43H77NO2. The van der Waals surface area contributed by atoms with E-state index in [0.717, 1.165) is 38.1 Å². The first-order chi connectivity index (χ1) is 22.6. The third-order valence-corrected chi connectivity index (χ3v) is 9.92. The highest BCUT2D eigenvalue weighted by Gasteiger charge is 2.50. The number of hydrogen-bond donors (Lipinski definition) is 0. The van der Waals surface area contributed by atoms with E-state index in [4.69, 9.17) is 9.47 Å². The highest BCUT2D eigenvalue weighted by atomic mass is 16.8. The van der Waals surface area contributed by atoms with Gasteiger partial charge in [-0.25, -0.2) is 0 Å². The largest absolute Gasteiger partial charge is 0.344 e. The van der Waals surface area contributed by atoms with Crippen LogP contribution in [0.5, 0.6) is 0 Å². The second-order valence-electron chi connectivity index (χ2n) is 14.8. The van der Waals surface area contributed by atoms with Crippen LogP contribution in [0.2, 0.25) is 0 Å².